The third kappa shape index (κ3) is 2.85. The number of thiophene rings is 1. The number of rotatable bonds is 5. The molecule has 0 aliphatic rings. The van der Waals surface area contributed by atoms with Gasteiger partial charge in [-0.1, -0.05) is 6.92 Å². The topological polar surface area (TPSA) is 25.2 Å². The summed E-state index contributed by atoms with van der Waals surface area (Å²) in [4.78, 5) is 2.77. The molecule has 2 rings (SSSR count). The van der Waals surface area contributed by atoms with Gasteiger partial charge in [-0.3, -0.25) is 0 Å². The largest absolute Gasteiger partial charge is 0.469 e. The van der Waals surface area contributed by atoms with Crippen molar-refractivity contribution in [1.82, 2.24) is 5.32 Å². The lowest BCUT2D eigenvalue weighted by atomic mass is 10.1. The Kier molecular flexibility index (Phi) is 4.25. The first kappa shape index (κ1) is 13.4. The lowest BCUT2D eigenvalue weighted by Crippen LogP contribution is -2.22. The van der Waals surface area contributed by atoms with Crippen LogP contribution in [0.5, 0.6) is 0 Å². The third-order valence-corrected chi connectivity index (χ3v) is 4.24. The van der Waals surface area contributed by atoms with Gasteiger partial charge in [0, 0.05) is 15.3 Å². The van der Waals surface area contributed by atoms with E-state index < -0.39 is 0 Å². The molecule has 0 amide bonds. The standard InChI is InChI=1S/C15H21NOS/c1-5-6-16-14(13-8-11(3)17-9-13)15-10(2)7-12(4)18-15/h7-9,14,16H,5-6H2,1-4H3. The van der Waals surface area contributed by atoms with E-state index in [0.29, 0.717) is 0 Å². The SMILES string of the molecule is CCCNC(c1coc(C)c1)c1sc(C)cc1C. The zero-order chi connectivity index (χ0) is 13.1. The van der Waals surface area contributed by atoms with Crippen molar-refractivity contribution in [2.75, 3.05) is 6.54 Å². The molecule has 18 heavy (non-hydrogen) atoms. The van der Waals surface area contributed by atoms with Crippen molar-refractivity contribution in [3.05, 3.63) is 45.0 Å². The molecular weight excluding hydrogens is 242 g/mol. The van der Waals surface area contributed by atoms with Crippen molar-refractivity contribution >= 4 is 11.3 Å². The van der Waals surface area contributed by atoms with Crippen molar-refractivity contribution < 1.29 is 4.42 Å². The highest BCUT2D eigenvalue weighted by Gasteiger charge is 2.19. The van der Waals surface area contributed by atoms with Gasteiger partial charge < -0.3 is 9.73 Å². The van der Waals surface area contributed by atoms with Crippen LogP contribution in [-0.2, 0) is 0 Å². The Balaban J connectivity index is 2.33. The Hall–Kier alpha value is -1.06. The summed E-state index contributed by atoms with van der Waals surface area (Å²) in [7, 11) is 0. The maximum atomic E-state index is 5.46. The fourth-order valence-corrected chi connectivity index (χ4v) is 3.35. The summed E-state index contributed by atoms with van der Waals surface area (Å²) in [5, 5.41) is 3.62. The minimum atomic E-state index is 0.265. The average molecular weight is 263 g/mol. The third-order valence-electron chi connectivity index (χ3n) is 3.02. The number of hydrogen-bond acceptors (Lipinski definition) is 3. The molecule has 0 saturated heterocycles. The summed E-state index contributed by atoms with van der Waals surface area (Å²) < 4.78 is 5.46. The van der Waals surface area contributed by atoms with Crippen molar-refractivity contribution in [2.24, 2.45) is 0 Å². The summed E-state index contributed by atoms with van der Waals surface area (Å²) in [6, 6.07) is 4.65. The second kappa shape index (κ2) is 5.72. The Morgan fingerprint density at radius 1 is 1.28 bits per heavy atom. The summed E-state index contributed by atoms with van der Waals surface area (Å²) in [5.41, 5.74) is 2.59. The van der Waals surface area contributed by atoms with Gasteiger partial charge in [-0.2, -0.15) is 0 Å². The molecule has 0 saturated carbocycles. The van der Waals surface area contributed by atoms with Crippen molar-refractivity contribution in [3.63, 3.8) is 0 Å². The first-order valence-corrected chi connectivity index (χ1v) is 7.28. The molecule has 0 aliphatic heterocycles. The van der Waals surface area contributed by atoms with Gasteiger partial charge in [0.25, 0.3) is 0 Å². The van der Waals surface area contributed by atoms with E-state index in [0.717, 1.165) is 18.7 Å². The molecule has 2 aromatic rings. The molecule has 0 fully saturated rings. The highest BCUT2D eigenvalue weighted by Crippen LogP contribution is 2.32. The summed E-state index contributed by atoms with van der Waals surface area (Å²) in [5.74, 6) is 0.972. The zero-order valence-corrected chi connectivity index (χ0v) is 12.4. The minimum Gasteiger partial charge on any atom is -0.469 e. The Labute approximate surface area is 113 Å². The number of furan rings is 1. The fourth-order valence-electron chi connectivity index (χ4n) is 2.21. The maximum Gasteiger partial charge on any atom is 0.101 e. The fraction of sp³-hybridized carbons (Fsp3) is 0.467. The Bertz CT molecular complexity index is 512. The van der Waals surface area contributed by atoms with E-state index in [1.54, 1.807) is 0 Å². The molecule has 0 aliphatic carbocycles. The molecule has 1 unspecified atom stereocenters. The molecule has 0 bridgehead atoms. The molecule has 2 heterocycles. The summed E-state index contributed by atoms with van der Waals surface area (Å²) in [6.45, 7) is 9.56. The highest BCUT2D eigenvalue weighted by atomic mass is 32.1. The van der Waals surface area contributed by atoms with Gasteiger partial charge in [0.2, 0.25) is 0 Å². The highest BCUT2D eigenvalue weighted by molar-refractivity contribution is 7.12. The number of nitrogens with one attached hydrogen (secondary N) is 1. The zero-order valence-electron chi connectivity index (χ0n) is 11.5. The minimum absolute atomic E-state index is 0.265. The lowest BCUT2D eigenvalue weighted by molar-refractivity contribution is 0.524. The first-order chi connectivity index (χ1) is 8.61. The molecule has 0 spiro atoms. The van der Waals surface area contributed by atoms with Gasteiger partial charge in [0.05, 0.1) is 12.3 Å². The van der Waals surface area contributed by atoms with Gasteiger partial charge >= 0.3 is 0 Å². The van der Waals surface area contributed by atoms with Crippen LogP contribution in [0.25, 0.3) is 0 Å². The van der Waals surface area contributed by atoms with Crippen LogP contribution in [0.4, 0.5) is 0 Å². The molecular formula is C15H21NOS. The maximum absolute atomic E-state index is 5.46. The molecule has 2 aromatic heterocycles. The molecule has 0 radical (unpaired) electrons. The molecule has 3 heteroatoms. The van der Waals surface area contributed by atoms with Crippen LogP contribution in [0.2, 0.25) is 0 Å². The summed E-state index contributed by atoms with van der Waals surface area (Å²) >= 11 is 1.87. The van der Waals surface area contributed by atoms with Gasteiger partial charge in [-0.05, 0) is 51.4 Å². The second-order valence-corrected chi connectivity index (χ2v) is 6.07. The van der Waals surface area contributed by atoms with Crippen molar-refractivity contribution in [2.45, 2.75) is 40.2 Å². The van der Waals surface area contributed by atoms with Crippen LogP contribution in [0.3, 0.4) is 0 Å². The quantitative estimate of drug-likeness (QED) is 0.867. The van der Waals surface area contributed by atoms with Gasteiger partial charge in [0.1, 0.15) is 5.76 Å². The van der Waals surface area contributed by atoms with Crippen LogP contribution < -0.4 is 5.32 Å². The van der Waals surface area contributed by atoms with E-state index in [1.807, 2.05) is 24.5 Å². The normalized spacial score (nSPS) is 12.9. The van der Waals surface area contributed by atoms with Crippen LogP contribution in [0.15, 0.2) is 22.8 Å². The van der Waals surface area contributed by atoms with Crippen LogP contribution in [0.1, 0.15) is 46.0 Å². The van der Waals surface area contributed by atoms with Crippen LogP contribution >= 0.6 is 11.3 Å². The van der Waals surface area contributed by atoms with Gasteiger partial charge in [0.15, 0.2) is 0 Å². The van der Waals surface area contributed by atoms with Crippen molar-refractivity contribution in [1.29, 1.82) is 0 Å². The molecule has 1 atom stereocenters. The first-order valence-electron chi connectivity index (χ1n) is 6.47. The summed E-state index contributed by atoms with van der Waals surface area (Å²) in [6.07, 6.45) is 3.01. The van der Waals surface area contributed by atoms with E-state index >= 15 is 0 Å². The number of aryl methyl sites for hydroxylation is 3. The van der Waals surface area contributed by atoms with E-state index in [-0.39, 0.29) is 6.04 Å². The van der Waals surface area contributed by atoms with Crippen LogP contribution in [0, 0.1) is 20.8 Å². The Morgan fingerprint density at radius 2 is 2.06 bits per heavy atom. The predicted octanol–water partition coefficient (Wildman–Crippen LogP) is 4.36. The van der Waals surface area contributed by atoms with E-state index in [4.69, 9.17) is 4.42 Å². The van der Waals surface area contributed by atoms with Crippen molar-refractivity contribution in [3.8, 4) is 0 Å². The molecule has 1 N–H and O–H groups in total. The second-order valence-electron chi connectivity index (χ2n) is 4.78. The lowest BCUT2D eigenvalue weighted by Gasteiger charge is -2.16. The van der Waals surface area contributed by atoms with E-state index in [2.05, 4.69) is 38.2 Å². The molecule has 0 aromatic carbocycles. The predicted molar refractivity (Wildman–Crippen MR) is 77.4 cm³/mol. The molecule has 2 nitrogen and oxygen atoms in total. The Morgan fingerprint density at radius 3 is 2.56 bits per heavy atom. The molecule has 98 valence electrons. The smallest absolute Gasteiger partial charge is 0.101 e. The average Bonchev–Trinajstić information content (AvgIpc) is 2.87. The van der Waals surface area contributed by atoms with E-state index in [1.165, 1.54) is 20.9 Å². The van der Waals surface area contributed by atoms with Gasteiger partial charge in [-0.15, -0.1) is 11.3 Å². The number of hydrogen-bond donors (Lipinski definition) is 1. The van der Waals surface area contributed by atoms with Crippen LogP contribution in [-0.4, -0.2) is 6.54 Å². The van der Waals surface area contributed by atoms with Gasteiger partial charge in [-0.25, -0.2) is 0 Å². The van der Waals surface area contributed by atoms with E-state index in [9.17, 15) is 0 Å². The monoisotopic (exact) mass is 263 g/mol.